The molecular formula is C17H15NO3. The lowest BCUT2D eigenvalue weighted by atomic mass is 10.1. The number of hydrogen-bond donors (Lipinski definition) is 2. The normalized spacial score (nSPS) is 10.8. The first-order valence-corrected chi connectivity index (χ1v) is 6.65. The number of ether oxygens (including phenoxy) is 1. The fourth-order valence-corrected chi connectivity index (χ4v) is 2.45. The van der Waals surface area contributed by atoms with Crippen molar-refractivity contribution in [1.82, 2.24) is 4.98 Å². The van der Waals surface area contributed by atoms with Crippen LogP contribution < -0.4 is 4.74 Å². The van der Waals surface area contributed by atoms with E-state index in [4.69, 9.17) is 4.74 Å². The second-order valence-corrected chi connectivity index (χ2v) is 4.97. The van der Waals surface area contributed by atoms with Gasteiger partial charge in [0.05, 0.1) is 0 Å². The van der Waals surface area contributed by atoms with Gasteiger partial charge in [0.15, 0.2) is 0 Å². The second kappa shape index (κ2) is 4.98. The summed E-state index contributed by atoms with van der Waals surface area (Å²) in [5, 5.41) is 10.4. The van der Waals surface area contributed by atoms with Gasteiger partial charge in [-0.15, -0.1) is 0 Å². The first-order chi connectivity index (χ1) is 10.0. The van der Waals surface area contributed by atoms with Crippen LogP contribution in [0.15, 0.2) is 42.5 Å². The topological polar surface area (TPSA) is 62.3 Å². The molecule has 0 bridgehead atoms. The van der Waals surface area contributed by atoms with Gasteiger partial charge in [0, 0.05) is 23.5 Å². The van der Waals surface area contributed by atoms with Crippen LogP contribution in [0.2, 0.25) is 0 Å². The average Bonchev–Trinajstić information content (AvgIpc) is 2.76. The predicted octanol–water partition coefficient (Wildman–Crippen LogP) is 3.77. The number of aromatic nitrogens is 1. The van der Waals surface area contributed by atoms with E-state index in [1.165, 1.54) is 6.92 Å². The second-order valence-electron chi connectivity index (χ2n) is 4.97. The van der Waals surface area contributed by atoms with Gasteiger partial charge in [-0.05, 0) is 60.5 Å². The summed E-state index contributed by atoms with van der Waals surface area (Å²) in [4.78, 5) is 14.4. The Kier molecular flexibility index (Phi) is 3.14. The van der Waals surface area contributed by atoms with E-state index in [0.29, 0.717) is 5.75 Å². The third-order valence-corrected chi connectivity index (χ3v) is 3.45. The summed E-state index contributed by atoms with van der Waals surface area (Å²) >= 11 is 0. The van der Waals surface area contributed by atoms with Crippen LogP contribution >= 0.6 is 0 Å². The van der Waals surface area contributed by atoms with Crippen LogP contribution in [0.1, 0.15) is 12.5 Å². The third-order valence-electron chi connectivity index (χ3n) is 3.45. The maximum Gasteiger partial charge on any atom is 0.308 e. The van der Waals surface area contributed by atoms with Gasteiger partial charge in [-0.2, -0.15) is 0 Å². The van der Waals surface area contributed by atoms with E-state index >= 15 is 0 Å². The predicted molar refractivity (Wildman–Crippen MR) is 81.4 cm³/mol. The van der Waals surface area contributed by atoms with Crippen LogP contribution in [0.4, 0.5) is 0 Å². The summed E-state index contributed by atoms with van der Waals surface area (Å²) in [6.07, 6.45) is 0. The van der Waals surface area contributed by atoms with Gasteiger partial charge in [-0.3, -0.25) is 4.79 Å². The number of carbonyl (C=O) groups is 1. The molecule has 4 heteroatoms. The lowest BCUT2D eigenvalue weighted by Gasteiger charge is -2.01. The molecule has 4 nitrogen and oxygen atoms in total. The molecule has 2 aromatic carbocycles. The smallest absolute Gasteiger partial charge is 0.308 e. The molecule has 0 saturated carbocycles. The number of benzene rings is 2. The molecule has 0 amide bonds. The number of rotatable bonds is 2. The van der Waals surface area contributed by atoms with E-state index in [1.807, 2.05) is 31.2 Å². The third kappa shape index (κ3) is 2.48. The molecule has 0 aliphatic heterocycles. The monoisotopic (exact) mass is 281 g/mol. The Labute approximate surface area is 122 Å². The molecule has 0 fully saturated rings. The molecule has 3 rings (SSSR count). The van der Waals surface area contributed by atoms with Crippen molar-refractivity contribution in [3.05, 3.63) is 48.0 Å². The summed E-state index contributed by atoms with van der Waals surface area (Å²) in [5.41, 5.74) is 4.04. The number of aryl methyl sites for hydroxylation is 1. The molecule has 1 aromatic heterocycles. The largest absolute Gasteiger partial charge is 0.508 e. The van der Waals surface area contributed by atoms with Crippen molar-refractivity contribution in [2.45, 2.75) is 13.8 Å². The highest BCUT2D eigenvalue weighted by Crippen LogP contribution is 2.32. The Hall–Kier alpha value is -2.75. The molecule has 0 radical (unpaired) electrons. The van der Waals surface area contributed by atoms with Crippen LogP contribution in [0.5, 0.6) is 11.5 Å². The molecule has 0 saturated heterocycles. The first kappa shape index (κ1) is 13.2. The number of phenolic OH excluding ortho intramolecular Hbond substituents is 1. The van der Waals surface area contributed by atoms with E-state index < -0.39 is 0 Å². The number of nitrogens with one attached hydrogen (secondary N) is 1. The minimum absolute atomic E-state index is 0.240. The molecule has 2 N–H and O–H groups in total. The van der Waals surface area contributed by atoms with Gasteiger partial charge in [0.25, 0.3) is 0 Å². The van der Waals surface area contributed by atoms with Crippen LogP contribution in [-0.4, -0.2) is 16.1 Å². The van der Waals surface area contributed by atoms with Crippen LogP contribution in [0, 0.1) is 6.92 Å². The molecule has 106 valence electrons. The van der Waals surface area contributed by atoms with E-state index in [-0.39, 0.29) is 11.7 Å². The highest BCUT2D eigenvalue weighted by molar-refractivity contribution is 5.91. The summed E-state index contributed by atoms with van der Waals surface area (Å²) in [6, 6.07) is 12.5. The number of aromatic hydroxyl groups is 1. The number of hydrogen-bond acceptors (Lipinski definition) is 3. The standard InChI is InChI=1S/C17H15NO3/c1-10-15-9-14(21-11(2)19)7-8-16(15)18-17(10)12-3-5-13(20)6-4-12/h3-9,18,20H,1-2H3. The Morgan fingerprint density at radius 2 is 1.86 bits per heavy atom. The summed E-state index contributed by atoms with van der Waals surface area (Å²) in [7, 11) is 0. The zero-order valence-corrected chi connectivity index (χ0v) is 11.8. The maximum atomic E-state index is 11.0. The molecule has 1 heterocycles. The summed E-state index contributed by atoms with van der Waals surface area (Å²) in [5.74, 6) is 0.445. The SMILES string of the molecule is CC(=O)Oc1ccc2[nH]c(-c3ccc(O)cc3)c(C)c2c1. The highest BCUT2D eigenvalue weighted by Gasteiger charge is 2.11. The van der Waals surface area contributed by atoms with E-state index in [1.54, 1.807) is 18.2 Å². The van der Waals surface area contributed by atoms with E-state index in [2.05, 4.69) is 4.98 Å². The average molecular weight is 281 g/mol. The number of H-pyrrole nitrogens is 1. The van der Waals surface area contributed by atoms with Crippen LogP contribution in [0.3, 0.4) is 0 Å². The zero-order valence-electron chi connectivity index (χ0n) is 11.8. The number of esters is 1. The van der Waals surface area contributed by atoms with Crippen LogP contribution in [-0.2, 0) is 4.79 Å². The Bertz CT molecular complexity index is 816. The van der Waals surface area contributed by atoms with Gasteiger partial charge in [0.2, 0.25) is 0 Å². The zero-order chi connectivity index (χ0) is 15.0. The fourth-order valence-electron chi connectivity index (χ4n) is 2.45. The minimum atomic E-state index is -0.332. The van der Waals surface area contributed by atoms with Crippen molar-refractivity contribution < 1.29 is 14.6 Å². The van der Waals surface area contributed by atoms with Crippen molar-refractivity contribution >= 4 is 16.9 Å². The van der Waals surface area contributed by atoms with Gasteiger partial charge in [-0.25, -0.2) is 0 Å². The van der Waals surface area contributed by atoms with Crippen LogP contribution in [0.25, 0.3) is 22.2 Å². The Morgan fingerprint density at radius 1 is 1.14 bits per heavy atom. The molecule has 3 aromatic rings. The first-order valence-electron chi connectivity index (χ1n) is 6.65. The number of carbonyl (C=O) groups excluding carboxylic acids is 1. The molecule has 0 unspecified atom stereocenters. The highest BCUT2D eigenvalue weighted by atomic mass is 16.5. The Balaban J connectivity index is 2.11. The molecule has 0 atom stereocenters. The van der Waals surface area contributed by atoms with Crippen molar-refractivity contribution in [1.29, 1.82) is 0 Å². The fraction of sp³-hybridized carbons (Fsp3) is 0.118. The van der Waals surface area contributed by atoms with Crippen molar-refractivity contribution in [2.75, 3.05) is 0 Å². The minimum Gasteiger partial charge on any atom is -0.508 e. The quantitative estimate of drug-likeness (QED) is 0.555. The number of fused-ring (bicyclic) bond motifs is 1. The van der Waals surface area contributed by atoms with Crippen molar-refractivity contribution in [3.8, 4) is 22.8 Å². The van der Waals surface area contributed by atoms with Gasteiger partial charge in [-0.1, -0.05) is 0 Å². The summed E-state index contributed by atoms with van der Waals surface area (Å²) in [6.45, 7) is 3.40. The lowest BCUT2D eigenvalue weighted by Crippen LogP contribution is -2.00. The lowest BCUT2D eigenvalue weighted by molar-refractivity contribution is -0.131. The summed E-state index contributed by atoms with van der Waals surface area (Å²) < 4.78 is 5.12. The van der Waals surface area contributed by atoms with Gasteiger partial charge in [0.1, 0.15) is 11.5 Å². The molecule has 0 aliphatic rings. The van der Waals surface area contributed by atoms with Gasteiger partial charge >= 0.3 is 5.97 Å². The van der Waals surface area contributed by atoms with Crippen molar-refractivity contribution in [3.63, 3.8) is 0 Å². The number of aromatic amines is 1. The number of phenols is 1. The Morgan fingerprint density at radius 3 is 2.52 bits per heavy atom. The molecule has 0 aliphatic carbocycles. The molecule has 0 spiro atoms. The molecular weight excluding hydrogens is 266 g/mol. The van der Waals surface area contributed by atoms with Gasteiger partial charge < -0.3 is 14.8 Å². The van der Waals surface area contributed by atoms with E-state index in [0.717, 1.165) is 27.7 Å². The van der Waals surface area contributed by atoms with E-state index in [9.17, 15) is 9.90 Å². The van der Waals surface area contributed by atoms with Crippen molar-refractivity contribution in [2.24, 2.45) is 0 Å². The maximum absolute atomic E-state index is 11.0. The molecule has 21 heavy (non-hydrogen) atoms.